The Morgan fingerprint density at radius 2 is 2.08 bits per heavy atom. The quantitative estimate of drug-likeness (QED) is 0.703. The lowest BCUT2D eigenvalue weighted by Gasteiger charge is -2.08. The van der Waals surface area contributed by atoms with Crippen molar-refractivity contribution in [3.8, 4) is 0 Å². The van der Waals surface area contributed by atoms with Crippen molar-refractivity contribution >= 4 is 28.7 Å². The van der Waals surface area contributed by atoms with E-state index in [0.717, 1.165) is 39.6 Å². The van der Waals surface area contributed by atoms with Gasteiger partial charge in [0.2, 0.25) is 5.91 Å². The lowest BCUT2D eigenvalue weighted by molar-refractivity contribution is -0.118. The number of hydrogen-bond acceptors (Lipinski definition) is 5. The number of aromatic nitrogens is 3. The van der Waals surface area contributed by atoms with Crippen LogP contribution in [0.25, 0.3) is 11.0 Å². The monoisotopic (exact) mass is 358 g/mol. The summed E-state index contributed by atoms with van der Waals surface area (Å²) in [7, 11) is 0. The van der Waals surface area contributed by atoms with E-state index < -0.39 is 0 Å². The third kappa shape index (κ3) is 4.04. The van der Waals surface area contributed by atoms with Gasteiger partial charge in [0.1, 0.15) is 11.6 Å². The highest BCUT2D eigenvalue weighted by Crippen LogP contribution is 2.19. The van der Waals surface area contributed by atoms with Gasteiger partial charge >= 0.3 is 0 Å². The maximum atomic E-state index is 12.0. The fourth-order valence-corrected chi connectivity index (χ4v) is 3.80. The Balaban J connectivity index is 1.45. The Labute approximate surface area is 151 Å². The second kappa shape index (κ2) is 7.74. The van der Waals surface area contributed by atoms with Crippen LogP contribution in [0.4, 0.5) is 0 Å². The molecule has 3 rings (SSSR count). The number of benzene rings is 1. The minimum absolute atomic E-state index is 0.0406. The largest absolute Gasteiger partial charge is 0.361 e. The number of hydrogen-bond donors (Lipinski definition) is 1. The molecule has 0 radical (unpaired) electrons. The zero-order chi connectivity index (χ0) is 17.8. The van der Waals surface area contributed by atoms with Crippen molar-refractivity contribution in [2.24, 2.45) is 0 Å². The summed E-state index contributed by atoms with van der Waals surface area (Å²) in [6.07, 6.45) is 0. The smallest absolute Gasteiger partial charge is 0.230 e. The number of amides is 1. The number of nitrogens with one attached hydrogen (secondary N) is 1. The van der Waals surface area contributed by atoms with E-state index in [9.17, 15) is 4.79 Å². The van der Waals surface area contributed by atoms with Gasteiger partial charge in [-0.05, 0) is 32.9 Å². The fourth-order valence-electron chi connectivity index (χ4n) is 2.79. The highest BCUT2D eigenvalue weighted by Gasteiger charge is 2.10. The normalized spacial score (nSPS) is 11.2. The van der Waals surface area contributed by atoms with Crippen molar-refractivity contribution in [3.63, 3.8) is 0 Å². The average molecular weight is 358 g/mol. The van der Waals surface area contributed by atoms with E-state index in [0.29, 0.717) is 18.8 Å². The maximum absolute atomic E-state index is 12.0. The number of imidazole rings is 1. The topological polar surface area (TPSA) is 73.0 Å². The van der Waals surface area contributed by atoms with Crippen molar-refractivity contribution in [3.05, 3.63) is 47.1 Å². The SMILES string of the molecule is Cc1noc(C)c1CSCC(=O)NCCn1c(C)nc2ccccc21. The highest BCUT2D eigenvalue weighted by atomic mass is 32.2. The van der Waals surface area contributed by atoms with Crippen LogP contribution in [-0.2, 0) is 17.1 Å². The second-order valence-corrected chi connectivity index (χ2v) is 6.93. The first kappa shape index (κ1) is 17.5. The van der Waals surface area contributed by atoms with Crippen molar-refractivity contribution in [2.75, 3.05) is 12.3 Å². The zero-order valence-corrected chi connectivity index (χ0v) is 15.5. The minimum Gasteiger partial charge on any atom is -0.361 e. The second-order valence-electron chi connectivity index (χ2n) is 5.94. The molecule has 1 aromatic carbocycles. The number of fused-ring (bicyclic) bond motifs is 1. The molecular formula is C18H22N4O2S. The number of carbonyl (C=O) groups is 1. The Kier molecular flexibility index (Phi) is 5.43. The van der Waals surface area contributed by atoms with Crippen LogP contribution in [-0.4, -0.2) is 32.9 Å². The first-order chi connectivity index (χ1) is 12.1. The Morgan fingerprint density at radius 3 is 2.84 bits per heavy atom. The molecule has 0 aliphatic rings. The number of thioether (sulfide) groups is 1. The molecule has 0 unspecified atom stereocenters. The lowest BCUT2D eigenvalue weighted by Crippen LogP contribution is -2.29. The van der Waals surface area contributed by atoms with Gasteiger partial charge in [-0.1, -0.05) is 17.3 Å². The standard InChI is InChI=1S/C18H22N4O2S/c1-12-15(13(2)24-21-12)10-25-11-18(23)19-8-9-22-14(3)20-16-6-4-5-7-17(16)22/h4-7H,8-11H2,1-3H3,(H,19,23). The zero-order valence-electron chi connectivity index (χ0n) is 14.7. The van der Waals surface area contributed by atoms with E-state index in [4.69, 9.17) is 4.52 Å². The summed E-state index contributed by atoms with van der Waals surface area (Å²) in [5.74, 6) is 2.99. The summed E-state index contributed by atoms with van der Waals surface area (Å²) in [5, 5.41) is 6.90. The molecule has 25 heavy (non-hydrogen) atoms. The van der Waals surface area contributed by atoms with Gasteiger partial charge < -0.3 is 14.4 Å². The van der Waals surface area contributed by atoms with Gasteiger partial charge in [0.25, 0.3) is 0 Å². The molecule has 1 N–H and O–H groups in total. The molecule has 0 atom stereocenters. The molecule has 1 amide bonds. The molecule has 0 fully saturated rings. The van der Waals surface area contributed by atoms with E-state index in [1.54, 1.807) is 11.8 Å². The fraction of sp³-hybridized carbons (Fsp3) is 0.389. The number of para-hydroxylation sites is 2. The molecule has 3 aromatic rings. The number of rotatable bonds is 7. The van der Waals surface area contributed by atoms with E-state index in [-0.39, 0.29) is 5.91 Å². The predicted octanol–water partition coefficient (Wildman–Crippen LogP) is 3.00. The molecular weight excluding hydrogens is 336 g/mol. The summed E-state index contributed by atoms with van der Waals surface area (Å²) < 4.78 is 7.26. The Morgan fingerprint density at radius 1 is 1.28 bits per heavy atom. The predicted molar refractivity (Wildman–Crippen MR) is 99.6 cm³/mol. The summed E-state index contributed by atoms with van der Waals surface area (Å²) in [6.45, 7) is 7.11. The third-order valence-corrected chi connectivity index (χ3v) is 5.12. The summed E-state index contributed by atoms with van der Waals surface area (Å²) in [6, 6.07) is 8.04. The van der Waals surface area contributed by atoms with Crippen LogP contribution < -0.4 is 5.32 Å². The maximum Gasteiger partial charge on any atom is 0.230 e. The van der Waals surface area contributed by atoms with Crippen LogP contribution in [0.15, 0.2) is 28.8 Å². The molecule has 2 aromatic heterocycles. The van der Waals surface area contributed by atoms with E-state index in [1.807, 2.05) is 39.0 Å². The molecule has 0 saturated heterocycles. The molecule has 7 heteroatoms. The Bertz CT molecular complexity index is 865. The van der Waals surface area contributed by atoms with Gasteiger partial charge in [-0.15, -0.1) is 11.8 Å². The van der Waals surface area contributed by atoms with Crippen molar-refractivity contribution in [1.82, 2.24) is 20.0 Å². The van der Waals surface area contributed by atoms with Crippen LogP contribution in [0.3, 0.4) is 0 Å². The molecule has 0 spiro atoms. The molecule has 0 saturated carbocycles. The number of aryl methyl sites for hydroxylation is 3. The highest BCUT2D eigenvalue weighted by molar-refractivity contribution is 7.99. The van der Waals surface area contributed by atoms with Crippen LogP contribution in [0.1, 0.15) is 22.8 Å². The van der Waals surface area contributed by atoms with E-state index >= 15 is 0 Å². The van der Waals surface area contributed by atoms with Crippen LogP contribution in [0.2, 0.25) is 0 Å². The van der Waals surface area contributed by atoms with E-state index in [2.05, 4.69) is 26.1 Å². The number of carbonyl (C=O) groups excluding carboxylic acids is 1. The van der Waals surface area contributed by atoms with Crippen molar-refractivity contribution < 1.29 is 9.32 Å². The minimum atomic E-state index is 0.0406. The summed E-state index contributed by atoms with van der Waals surface area (Å²) in [4.78, 5) is 16.6. The van der Waals surface area contributed by atoms with Gasteiger partial charge in [0, 0.05) is 24.4 Å². The third-order valence-electron chi connectivity index (χ3n) is 4.16. The van der Waals surface area contributed by atoms with Gasteiger partial charge in [-0.2, -0.15) is 0 Å². The van der Waals surface area contributed by atoms with Gasteiger partial charge in [0.15, 0.2) is 0 Å². The van der Waals surface area contributed by atoms with Crippen molar-refractivity contribution in [2.45, 2.75) is 33.1 Å². The molecule has 0 aliphatic heterocycles. The van der Waals surface area contributed by atoms with Crippen LogP contribution in [0.5, 0.6) is 0 Å². The molecule has 0 aliphatic carbocycles. The molecule has 6 nitrogen and oxygen atoms in total. The van der Waals surface area contributed by atoms with Crippen LogP contribution in [0, 0.1) is 20.8 Å². The molecule has 132 valence electrons. The average Bonchev–Trinajstić information content (AvgIpc) is 3.08. The summed E-state index contributed by atoms with van der Waals surface area (Å²) >= 11 is 1.57. The molecule has 0 bridgehead atoms. The van der Waals surface area contributed by atoms with E-state index in [1.165, 1.54) is 0 Å². The van der Waals surface area contributed by atoms with Gasteiger partial charge in [0.05, 0.1) is 22.5 Å². The van der Waals surface area contributed by atoms with Crippen molar-refractivity contribution in [1.29, 1.82) is 0 Å². The lowest BCUT2D eigenvalue weighted by atomic mass is 10.2. The molecule has 2 heterocycles. The summed E-state index contributed by atoms with van der Waals surface area (Å²) in [5.41, 5.74) is 4.06. The Hall–Kier alpha value is -2.28. The van der Waals surface area contributed by atoms with Gasteiger partial charge in [-0.25, -0.2) is 4.98 Å². The number of nitrogens with zero attached hydrogens (tertiary/aromatic N) is 3. The van der Waals surface area contributed by atoms with Crippen LogP contribution >= 0.6 is 11.8 Å². The first-order valence-corrected chi connectivity index (χ1v) is 9.40. The van der Waals surface area contributed by atoms with Gasteiger partial charge in [-0.3, -0.25) is 4.79 Å². The first-order valence-electron chi connectivity index (χ1n) is 8.24.